The van der Waals surface area contributed by atoms with Crippen molar-refractivity contribution in [3.05, 3.63) is 24.3 Å². The van der Waals surface area contributed by atoms with Gasteiger partial charge in [0, 0.05) is 12.6 Å². The van der Waals surface area contributed by atoms with Crippen molar-refractivity contribution in [1.82, 2.24) is 0 Å². The van der Waals surface area contributed by atoms with Crippen molar-refractivity contribution in [2.45, 2.75) is 19.1 Å². The first-order chi connectivity index (χ1) is 5.13. The van der Waals surface area contributed by atoms with Crippen LogP contribution in [0.15, 0.2) is 24.3 Å². The molecule has 2 unspecified atom stereocenters. The Kier molecular flexibility index (Phi) is 4.77. The third-order valence-electron chi connectivity index (χ3n) is 1.43. The summed E-state index contributed by atoms with van der Waals surface area (Å²) in [4.78, 5) is 0. The highest BCUT2D eigenvalue weighted by atomic mass is 16.3. The smallest absolute Gasteiger partial charge is 0.0935 e. The van der Waals surface area contributed by atoms with Gasteiger partial charge in [0.05, 0.1) is 6.10 Å². The van der Waals surface area contributed by atoms with Gasteiger partial charge in [-0.05, 0) is 12.5 Å². The number of hydrogen-bond donors (Lipinski definition) is 3. The Morgan fingerprint density at radius 2 is 2.27 bits per heavy atom. The number of hydrogen-bond acceptors (Lipinski definition) is 3. The minimum Gasteiger partial charge on any atom is -0.387 e. The monoisotopic (exact) mass is 156 g/mol. The van der Waals surface area contributed by atoms with Gasteiger partial charge in [-0.3, -0.25) is 0 Å². The highest BCUT2D eigenvalue weighted by molar-refractivity contribution is 5.22. The summed E-state index contributed by atoms with van der Waals surface area (Å²) in [6.45, 7) is 5.67. The average Bonchev–Trinajstić information content (AvgIpc) is 1.98. The normalized spacial score (nSPS) is 17.6. The van der Waals surface area contributed by atoms with E-state index in [1.54, 1.807) is 19.1 Å². The van der Waals surface area contributed by atoms with Crippen LogP contribution in [0.25, 0.3) is 0 Å². The van der Waals surface area contributed by atoms with Gasteiger partial charge in [-0.1, -0.05) is 18.7 Å². The molecule has 0 bridgehead atoms. The molecule has 0 aromatic heterocycles. The molecule has 0 aliphatic heterocycles. The molecule has 0 aliphatic carbocycles. The average molecular weight is 156 g/mol. The predicted molar refractivity (Wildman–Crippen MR) is 47.0 cm³/mol. The van der Waals surface area contributed by atoms with Crippen molar-refractivity contribution in [2.75, 3.05) is 6.54 Å². The van der Waals surface area contributed by atoms with Crippen LogP contribution in [0.5, 0.6) is 0 Å². The lowest BCUT2D eigenvalue weighted by molar-refractivity contribution is 0.189. The highest BCUT2D eigenvalue weighted by Gasteiger charge is 2.11. The zero-order valence-electron chi connectivity index (χ0n) is 6.83. The van der Waals surface area contributed by atoms with Gasteiger partial charge in [-0.25, -0.2) is 0 Å². The maximum absolute atomic E-state index is 9.40. The van der Waals surface area contributed by atoms with Crippen LogP contribution >= 0.6 is 0 Å². The molecule has 0 aromatic carbocycles. The van der Waals surface area contributed by atoms with E-state index >= 15 is 0 Å². The van der Waals surface area contributed by atoms with E-state index in [0.29, 0.717) is 12.1 Å². The summed E-state index contributed by atoms with van der Waals surface area (Å²) in [6.07, 6.45) is 2.62. The molecule has 2 atom stereocenters. The number of nitrogens with two attached hydrogens (primary N) is 2. The molecule has 0 heterocycles. The Morgan fingerprint density at radius 3 is 2.55 bits per heavy atom. The molecule has 0 amide bonds. The van der Waals surface area contributed by atoms with Crippen molar-refractivity contribution in [3.63, 3.8) is 0 Å². The van der Waals surface area contributed by atoms with Crippen LogP contribution < -0.4 is 11.5 Å². The first kappa shape index (κ1) is 10.4. The molecule has 3 nitrogen and oxygen atoms in total. The van der Waals surface area contributed by atoms with Crippen molar-refractivity contribution < 1.29 is 5.11 Å². The molecular weight excluding hydrogens is 140 g/mol. The molecule has 0 aromatic rings. The lowest BCUT2D eigenvalue weighted by Gasteiger charge is -2.15. The zero-order chi connectivity index (χ0) is 8.85. The second-order valence-electron chi connectivity index (χ2n) is 2.45. The molecule has 0 rings (SSSR count). The second kappa shape index (κ2) is 5.07. The van der Waals surface area contributed by atoms with Gasteiger partial charge in [-0.2, -0.15) is 0 Å². The summed E-state index contributed by atoms with van der Waals surface area (Å²) in [5, 5.41) is 9.40. The van der Waals surface area contributed by atoms with E-state index in [-0.39, 0.29) is 6.04 Å². The van der Waals surface area contributed by atoms with Gasteiger partial charge in [-0.15, -0.1) is 0 Å². The van der Waals surface area contributed by atoms with E-state index < -0.39 is 6.10 Å². The Morgan fingerprint density at radius 1 is 1.73 bits per heavy atom. The van der Waals surface area contributed by atoms with E-state index in [0.717, 1.165) is 0 Å². The van der Waals surface area contributed by atoms with Crippen molar-refractivity contribution in [1.29, 1.82) is 0 Å². The second-order valence-corrected chi connectivity index (χ2v) is 2.45. The van der Waals surface area contributed by atoms with E-state index in [9.17, 15) is 5.11 Å². The van der Waals surface area contributed by atoms with Crippen LogP contribution in [0.4, 0.5) is 0 Å². The van der Waals surface area contributed by atoms with Gasteiger partial charge >= 0.3 is 0 Å². The third kappa shape index (κ3) is 3.32. The fourth-order valence-electron chi connectivity index (χ4n) is 0.764. The lowest BCUT2D eigenvalue weighted by Crippen LogP contribution is -2.32. The molecule has 3 heteroatoms. The van der Waals surface area contributed by atoms with Crippen LogP contribution in [0.2, 0.25) is 0 Å². The molecule has 0 spiro atoms. The van der Waals surface area contributed by atoms with Gasteiger partial charge in [0.15, 0.2) is 0 Å². The highest BCUT2D eigenvalue weighted by Crippen LogP contribution is 2.05. The topological polar surface area (TPSA) is 72.3 Å². The van der Waals surface area contributed by atoms with E-state index in [1.165, 1.54) is 0 Å². The summed E-state index contributed by atoms with van der Waals surface area (Å²) in [7, 11) is 0. The number of aliphatic hydroxyl groups is 1. The fourth-order valence-corrected chi connectivity index (χ4v) is 0.764. The predicted octanol–water partition coefficient (Wildman–Crippen LogP) is -0.234. The van der Waals surface area contributed by atoms with Crippen LogP contribution in [0.3, 0.4) is 0 Å². The fraction of sp³-hybridized carbons (Fsp3) is 0.500. The van der Waals surface area contributed by atoms with Crippen LogP contribution in [0.1, 0.15) is 6.92 Å². The molecule has 0 saturated carbocycles. The minimum atomic E-state index is -0.656. The van der Waals surface area contributed by atoms with Gasteiger partial charge in [0.25, 0.3) is 0 Å². The summed E-state index contributed by atoms with van der Waals surface area (Å²) >= 11 is 0. The molecule has 64 valence electrons. The first-order valence-electron chi connectivity index (χ1n) is 3.59. The molecule has 0 saturated heterocycles. The Hall–Kier alpha value is -0.640. The van der Waals surface area contributed by atoms with E-state index in [4.69, 9.17) is 11.5 Å². The molecule has 0 fully saturated rings. The van der Waals surface area contributed by atoms with Crippen molar-refractivity contribution in [2.24, 2.45) is 11.5 Å². The summed E-state index contributed by atoms with van der Waals surface area (Å²) in [6, 6.07) is -0.286. The van der Waals surface area contributed by atoms with Crippen LogP contribution in [0, 0.1) is 0 Å². The van der Waals surface area contributed by atoms with E-state index in [1.807, 2.05) is 0 Å². The molecule has 5 N–H and O–H groups in total. The number of rotatable bonds is 4. The van der Waals surface area contributed by atoms with Gasteiger partial charge in [0.1, 0.15) is 0 Å². The van der Waals surface area contributed by atoms with Gasteiger partial charge < -0.3 is 16.6 Å². The largest absolute Gasteiger partial charge is 0.387 e. The Balaban J connectivity index is 4.25. The Labute approximate surface area is 67.4 Å². The quantitative estimate of drug-likeness (QED) is 0.492. The van der Waals surface area contributed by atoms with Crippen LogP contribution in [-0.2, 0) is 0 Å². The van der Waals surface area contributed by atoms with Gasteiger partial charge in [0.2, 0.25) is 0 Å². The summed E-state index contributed by atoms with van der Waals surface area (Å²) < 4.78 is 0. The number of aliphatic hydroxyl groups excluding tert-OH is 1. The molecule has 0 aliphatic rings. The zero-order valence-corrected chi connectivity index (χ0v) is 6.83. The van der Waals surface area contributed by atoms with Crippen molar-refractivity contribution >= 4 is 0 Å². The van der Waals surface area contributed by atoms with Crippen LogP contribution in [-0.4, -0.2) is 23.8 Å². The summed E-state index contributed by atoms with van der Waals surface area (Å²) in [5.41, 5.74) is 11.4. The molecular formula is C8H16N2O. The SMILES string of the molecule is C=C/C(=C\CN)C(O)C(C)N. The maximum atomic E-state index is 9.40. The standard InChI is InChI=1S/C8H16N2O/c1-3-7(4-5-9)8(11)6(2)10/h3-4,6,8,11H,1,5,9-10H2,2H3/b7-4+. The van der Waals surface area contributed by atoms with E-state index in [2.05, 4.69) is 6.58 Å². The minimum absolute atomic E-state index is 0.286. The summed E-state index contributed by atoms with van der Waals surface area (Å²) in [5.74, 6) is 0. The molecule has 0 radical (unpaired) electrons. The third-order valence-corrected chi connectivity index (χ3v) is 1.43. The first-order valence-corrected chi connectivity index (χ1v) is 3.59. The maximum Gasteiger partial charge on any atom is 0.0935 e. The molecule has 11 heavy (non-hydrogen) atoms. The van der Waals surface area contributed by atoms with Crippen molar-refractivity contribution in [3.8, 4) is 0 Å². The Bertz CT molecular complexity index is 152. The lowest BCUT2D eigenvalue weighted by atomic mass is 10.0.